The number of thioether (sulfide) groups is 1. The highest BCUT2D eigenvalue weighted by molar-refractivity contribution is 7.99. The number of allylic oxidation sites excluding steroid dienone is 1. The zero-order chi connectivity index (χ0) is 17.5. The van der Waals surface area contributed by atoms with Crippen molar-refractivity contribution in [3.05, 3.63) is 59.9 Å². The lowest BCUT2D eigenvalue weighted by molar-refractivity contribution is 0.299. The van der Waals surface area contributed by atoms with Gasteiger partial charge in [0.05, 0.1) is 6.54 Å². The average Bonchev–Trinajstić information content (AvgIpc) is 2.90. The van der Waals surface area contributed by atoms with Crippen molar-refractivity contribution in [3.8, 4) is 5.75 Å². The molecule has 1 aromatic heterocycles. The van der Waals surface area contributed by atoms with Crippen LogP contribution in [-0.4, -0.2) is 37.6 Å². The van der Waals surface area contributed by atoms with Gasteiger partial charge < -0.3 is 9.67 Å². The van der Waals surface area contributed by atoms with Gasteiger partial charge >= 0.3 is 0 Å². The van der Waals surface area contributed by atoms with Gasteiger partial charge in [-0.25, -0.2) is 0 Å². The highest BCUT2D eigenvalue weighted by Crippen LogP contribution is 2.22. The molecule has 0 atom stereocenters. The van der Waals surface area contributed by atoms with Crippen LogP contribution >= 0.6 is 23.4 Å². The molecule has 1 heterocycles. The lowest BCUT2D eigenvalue weighted by Crippen LogP contribution is -2.20. The summed E-state index contributed by atoms with van der Waals surface area (Å²) in [6.45, 7) is 9.34. The number of rotatable bonds is 9. The van der Waals surface area contributed by atoms with E-state index in [0.29, 0.717) is 36.2 Å². The second-order valence-electron chi connectivity index (χ2n) is 5.41. The molecule has 0 amide bonds. The minimum Gasteiger partial charge on any atom is -0.508 e. The third-order valence-electron chi connectivity index (χ3n) is 3.31. The Morgan fingerprint density at radius 3 is 2.79 bits per heavy atom. The summed E-state index contributed by atoms with van der Waals surface area (Å²) in [5, 5.41) is 19.8. The predicted octanol–water partition coefficient (Wildman–Crippen LogP) is 3.65. The van der Waals surface area contributed by atoms with Gasteiger partial charge in [-0.1, -0.05) is 54.2 Å². The Balaban J connectivity index is 2.09. The van der Waals surface area contributed by atoms with Gasteiger partial charge in [0.15, 0.2) is 5.16 Å². The summed E-state index contributed by atoms with van der Waals surface area (Å²) >= 11 is 7.33. The number of para-hydroxylation sites is 1. The maximum absolute atomic E-state index is 9.89. The second-order valence-corrected chi connectivity index (χ2v) is 6.88. The number of benzene rings is 1. The van der Waals surface area contributed by atoms with Gasteiger partial charge in [-0.3, -0.25) is 4.90 Å². The molecule has 1 N–H and O–H groups in total. The molecule has 2 aromatic rings. The van der Waals surface area contributed by atoms with Gasteiger partial charge in [0.2, 0.25) is 0 Å². The van der Waals surface area contributed by atoms with E-state index < -0.39 is 0 Å². The number of phenols is 1. The molecule has 24 heavy (non-hydrogen) atoms. The molecule has 7 heteroatoms. The van der Waals surface area contributed by atoms with Crippen molar-refractivity contribution < 1.29 is 5.11 Å². The van der Waals surface area contributed by atoms with E-state index in [1.54, 1.807) is 6.07 Å². The van der Waals surface area contributed by atoms with Crippen molar-refractivity contribution in [2.75, 3.05) is 12.8 Å². The van der Waals surface area contributed by atoms with Gasteiger partial charge in [-0.05, 0) is 13.1 Å². The first-order valence-corrected chi connectivity index (χ1v) is 8.82. The van der Waals surface area contributed by atoms with Gasteiger partial charge in [0.25, 0.3) is 0 Å². The molecule has 0 radical (unpaired) electrons. The summed E-state index contributed by atoms with van der Waals surface area (Å²) in [6.07, 6.45) is 1.81. The summed E-state index contributed by atoms with van der Waals surface area (Å²) in [7, 11) is 1.98. The largest absolute Gasteiger partial charge is 0.508 e. The van der Waals surface area contributed by atoms with Gasteiger partial charge in [-0.2, -0.15) is 0 Å². The molecule has 0 saturated heterocycles. The van der Waals surface area contributed by atoms with E-state index in [1.165, 1.54) is 11.8 Å². The van der Waals surface area contributed by atoms with Gasteiger partial charge in [0, 0.05) is 29.4 Å². The fraction of sp³-hybridized carbons (Fsp3) is 0.294. The third-order valence-corrected chi connectivity index (χ3v) is 4.65. The van der Waals surface area contributed by atoms with Crippen molar-refractivity contribution in [1.29, 1.82) is 0 Å². The van der Waals surface area contributed by atoms with E-state index in [1.807, 2.05) is 35.9 Å². The Kier molecular flexibility index (Phi) is 6.90. The number of hydrogen-bond donors (Lipinski definition) is 1. The Morgan fingerprint density at radius 2 is 2.12 bits per heavy atom. The normalized spacial score (nSPS) is 11.0. The number of halogens is 1. The standard InChI is InChI=1S/C17H21ClN4OS/c1-4-9-22-16(19-20-17(22)24-12-13(2)18)11-21(3)10-14-7-5-6-8-15(14)23/h4-8,23H,1-2,9-12H2,3H3. The molecule has 0 aliphatic rings. The molecule has 0 aliphatic carbocycles. The van der Waals surface area contributed by atoms with Crippen molar-refractivity contribution >= 4 is 23.4 Å². The Bertz CT molecular complexity index is 716. The van der Waals surface area contributed by atoms with Crippen LogP contribution in [0.5, 0.6) is 5.75 Å². The lowest BCUT2D eigenvalue weighted by Gasteiger charge is -2.17. The Labute approximate surface area is 151 Å². The number of phenolic OH excluding ortho intramolecular Hbond substituents is 1. The van der Waals surface area contributed by atoms with Crippen LogP contribution in [0.25, 0.3) is 0 Å². The highest BCUT2D eigenvalue weighted by Gasteiger charge is 2.14. The minimum absolute atomic E-state index is 0.300. The smallest absolute Gasteiger partial charge is 0.191 e. The van der Waals surface area contributed by atoms with Gasteiger partial charge in [0.1, 0.15) is 11.6 Å². The summed E-state index contributed by atoms with van der Waals surface area (Å²) < 4.78 is 2.01. The summed E-state index contributed by atoms with van der Waals surface area (Å²) in [5.41, 5.74) is 0.878. The molecular formula is C17H21ClN4OS. The summed E-state index contributed by atoms with van der Waals surface area (Å²) in [4.78, 5) is 2.08. The van der Waals surface area contributed by atoms with Crippen LogP contribution in [0.3, 0.4) is 0 Å². The summed E-state index contributed by atoms with van der Waals surface area (Å²) in [6, 6.07) is 7.33. The molecule has 0 saturated carbocycles. The highest BCUT2D eigenvalue weighted by atomic mass is 35.5. The first kappa shape index (κ1) is 18.6. The van der Waals surface area contributed by atoms with E-state index in [2.05, 4.69) is 28.3 Å². The SMILES string of the molecule is C=CCn1c(CN(C)Cc2ccccc2O)nnc1SCC(=C)Cl. The first-order valence-electron chi connectivity index (χ1n) is 7.45. The molecule has 2 rings (SSSR count). The second kappa shape index (κ2) is 8.92. The van der Waals surface area contributed by atoms with Crippen molar-refractivity contribution in [3.63, 3.8) is 0 Å². The monoisotopic (exact) mass is 364 g/mol. The maximum Gasteiger partial charge on any atom is 0.191 e. The first-order chi connectivity index (χ1) is 11.5. The summed E-state index contributed by atoms with van der Waals surface area (Å²) in [5.74, 6) is 1.73. The van der Waals surface area contributed by atoms with Crippen LogP contribution in [0, 0.1) is 0 Å². The molecule has 1 aromatic carbocycles. The quantitative estimate of drug-likeness (QED) is 0.543. The fourth-order valence-corrected chi connectivity index (χ4v) is 3.11. The van der Waals surface area contributed by atoms with Crippen molar-refractivity contribution in [2.24, 2.45) is 0 Å². The van der Waals surface area contributed by atoms with Gasteiger partial charge in [-0.15, -0.1) is 16.8 Å². The molecule has 0 spiro atoms. The maximum atomic E-state index is 9.89. The third kappa shape index (κ3) is 5.12. The zero-order valence-electron chi connectivity index (χ0n) is 13.7. The molecular weight excluding hydrogens is 344 g/mol. The van der Waals surface area contributed by atoms with Crippen LogP contribution in [-0.2, 0) is 19.6 Å². The van der Waals surface area contributed by atoms with Crippen LogP contribution in [0.15, 0.2) is 53.7 Å². The number of aromatic hydroxyl groups is 1. The predicted molar refractivity (Wildman–Crippen MR) is 99.2 cm³/mol. The molecule has 128 valence electrons. The van der Waals surface area contributed by atoms with E-state index in [4.69, 9.17) is 11.6 Å². The molecule has 0 bridgehead atoms. The molecule has 5 nitrogen and oxygen atoms in total. The van der Waals surface area contributed by atoms with Crippen LogP contribution in [0.4, 0.5) is 0 Å². The number of nitrogens with zero attached hydrogens (tertiary/aromatic N) is 4. The number of aromatic nitrogens is 3. The fourth-order valence-electron chi connectivity index (χ4n) is 2.23. The lowest BCUT2D eigenvalue weighted by atomic mass is 10.2. The number of hydrogen-bond acceptors (Lipinski definition) is 5. The topological polar surface area (TPSA) is 54.2 Å². The van der Waals surface area contributed by atoms with Crippen LogP contribution in [0.1, 0.15) is 11.4 Å². The molecule has 0 fully saturated rings. The Morgan fingerprint density at radius 1 is 1.38 bits per heavy atom. The zero-order valence-corrected chi connectivity index (χ0v) is 15.2. The minimum atomic E-state index is 0.300. The van der Waals surface area contributed by atoms with E-state index in [0.717, 1.165) is 16.5 Å². The van der Waals surface area contributed by atoms with Crippen LogP contribution in [0.2, 0.25) is 0 Å². The Hall–Kier alpha value is -1.76. The van der Waals surface area contributed by atoms with Crippen molar-refractivity contribution in [1.82, 2.24) is 19.7 Å². The molecule has 0 aliphatic heterocycles. The average molecular weight is 365 g/mol. The molecule has 0 unspecified atom stereocenters. The van der Waals surface area contributed by atoms with Crippen molar-refractivity contribution in [2.45, 2.75) is 24.8 Å². The van der Waals surface area contributed by atoms with E-state index >= 15 is 0 Å². The van der Waals surface area contributed by atoms with E-state index in [-0.39, 0.29) is 0 Å². The van der Waals surface area contributed by atoms with Crippen LogP contribution < -0.4 is 0 Å². The van der Waals surface area contributed by atoms with E-state index in [9.17, 15) is 5.11 Å².